The van der Waals surface area contributed by atoms with E-state index < -0.39 is 10.0 Å². The Kier molecular flexibility index (Phi) is 7.08. The van der Waals surface area contributed by atoms with Crippen LogP contribution in [0.2, 0.25) is 0 Å². The van der Waals surface area contributed by atoms with Crippen molar-refractivity contribution in [2.45, 2.75) is 50.5 Å². The molecule has 7 nitrogen and oxygen atoms in total. The SMILES string of the molecule is CC(C)c1ccc(S(=O)(=O)N2CCC(C(=O)NCCCn3ccnc3)CC2)cc1. The topological polar surface area (TPSA) is 84.3 Å². The number of imidazole rings is 1. The quantitative estimate of drug-likeness (QED) is 0.668. The first-order valence-electron chi connectivity index (χ1n) is 10.2. The van der Waals surface area contributed by atoms with Gasteiger partial charge in [0, 0.05) is 44.5 Å². The van der Waals surface area contributed by atoms with Gasteiger partial charge < -0.3 is 9.88 Å². The molecule has 1 aromatic heterocycles. The van der Waals surface area contributed by atoms with Crippen LogP contribution in [0.4, 0.5) is 0 Å². The molecule has 1 aliphatic rings. The van der Waals surface area contributed by atoms with Crippen LogP contribution in [0, 0.1) is 5.92 Å². The molecule has 0 radical (unpaired) electrons. The standard InChI is InChI=1S/C21H30N4O3S/c1-17(2)18-4-6-20(7-5-18)29(27,28)25-13-8-19(9-14-25)21(26)23-10-3-12-24-15-11-22-16-24/h4-7,11,15-17,19H,3,8-10,12-14H2,1-2H3,(H,23,26). The maximum absolute atomic E-state index is 12.9. The van der Waals surface area contributed by atoms with Crippen molar-refractivity contribution in [3.63, 3.8) is 0 Å². The largest absolute Gasteiger partial charge is 0.356 e. The maximum atomic E-state index is 12.9. The van der Waals surface area contributed by atoms with Gasteiger partial charge in [0.25, 0.3) is 0 Å². The summed E-state index contributed by atoms with van der Waals surface area (Å²) in [5.74, 6) is 0.257. The van der Waals surface area contributed by atoms with Gasteiger partial charge in [0.2, 0.25) is 15.9 Å². The van der Waals surface area contributed by atoms with Crippen molar-refractivity contribution >= 4 is 15.9 Å². The van der Waals surface area contributed by atoms with Crippen molar-refractivity contribution in [3.8, 4) is 0 Å². The van der Waals surface area contributed by atoms with Crippen LogP contribution in [0.25, 0.3) is 0 Å². The summed E-state index contributed by atoms with van der Waals surface area (Å²) in [5.41, 5.74) is 1.12. The molecule has 0 spiro atoms. The summed E-state index contributed by atoms with van der Waals surface area (Å²) in [5, 5.41) is 2.98. The van der Waals surface area contributed by atoms with E-state index in [0.29, 0.717) is 43.3 Å². The summed E-state index contributed by atoms with van der Waals surface area (Å²) in [6.07, 6.45) is 7.33. The predicted octanol–water partition coefficient (Wildman–Crippen LogP) is 2.61. The zero-order valence-electron chi connectivity index (χ0n) is 17.1. The molecule has 0 saturated carbocycles. The number of piperidine rings is 1. The zero-order valence-corrected chi connectivity index (χ0v) is 17.9. The number of aryl methyl sites for hydroxylation is 1. The van der Waals surface area contributed by atoms with E-state index in [1.807, 2.05) is 22.9 Å². The van der Waals surface area contributed by atoms with Crippen LogP contribution in [0.15, 0.2) is 47.9 Å². The Hall–Kier alpha value is -2.19. The molecule has 1 N–H and O–H groups in total. The van der Waals surface area contributed by atoms with Gasteiger partial charge in [-0.15, -0.1) is 0 Å². The molecule has 2 aromatic rings. The van der Waals surface area contributed by atoms with Crippen LogP contribution in [-0.4, -0.2) is 47.8 Å². The zero-order chi connectivity index (χ0) is 20.9. The number of nitrogens with one attached hydrogen (secondary N) is 1. The second-order valence-electron chi connectivity index (χ2n) is 7.85. The lowest BCUT2D eigenvalue weighted by molar-refractivity contribution is -0.126. The van der Waals surface area contributed by atoms with Gasteiger partial charge in [0.1, 0.15) is 0 Å². The Balaban J connectivity index is 1.46. The van der Waals surface area contributed by atoms with E-state index in [-0.39, 0.29) is 11.8 Å². The monoisotopic (exact) mass is 418 g/mol. The van der Waals surface area contributed by atoms with Crippen molar-refractivity contribution < 1.29 is 13.2 Å². The molecule has 158 valence electrons. The smallest absolute Gasteiger partial charge is 0.243 e. The summed E-state index contributed by atoms with van der Waals surface area (Å²) >= 11 is 0. The van der Waals surface area contributed by atoms with Crippen molar-refractivity contribution in [3.05, 3.63) is 48.5 Å². The third-order valence-corrected chi connectivity index (χ3v) is 7.37. The van der Waals surface area contributed by atoms with E-state index >= 15 is 0 Å². The molecule has 29 heavy (non-hydrogen) atoms. The number of sulfonamides is 1. The number of carbonyl (C=O) groups is 1. The Morgan fingerprint density at radius 1 is 1.21 bits per heavy atom. The number of benzene rings is 1. The lowest BCUT2D eigenvalue weighted by Crippen LogP contribution is -2.43. The van der Waals surface area contributed by atoms with Crippen LogP contribution >= 0.6 is 0 Å². The molecule has 0 bridgehead atoms. The Morgan fingerprint density at radius 2 is 1.90 bits per heavy atom. The lowest BCUT2D eigenvalue weighted by Gasteiger charge is -2.30. The van der Waals surface area contributed by atoms with Gasteiger partial charge in [-0.05, 0) is 42.9 Å². The maximum Gasteiger partial charge on any atom is 0.243 e. The fourth-order valence-corrected chi connectivity index (χ4v) is 5.04. The van der Waals surface area contributed by atoms with Gasteiger partial charge in [-0.1, -0.05) is 26.0 Å². The molecule has 1 aliphatic heterocycles. The molecule has 8 heteroatoms. The highest BCUT2D eigenvalue weighted by molar-refractivity contribution is 7.89. The molecular formula is C21H30N4O3S. The fraction of sp³-hybridized carbons (Fsp3) is 0.524. The fourth-order valence-electron chi connectivity index (χ4n) is 3.57. The summed E-state index contributed by atoms with van der Waals surface area (Å²) in [6, 6.07) is 7.12. The van der Waals surface area contributed by atoms with E-state index in [2.05, 4.69) is 24.1 Å². The van der Waals surface area contributed by atoms with Crippen molar-refractivity contribution in [1.82, 2.24) is 19.2 Å². The highest BCUT2D eigenvalue weighted by Gasteiger charge is 2.31. The van der Waals surface area contributed by atoms with Crippen molar-refractivity contribution in [1.29, 1.82) is 0 Å². The summed E-state index contributed by atoms with van der Waals surface area (Å²) < 4.78 is 29.2. The number of hydrogen-bond donors (Lipinski definition) is 1. The van der Waals surface area contributed by atoms with Gasteiger partial charge >= 0.3 is 0 Å². The Morgan fingerprint density at radius 3 is 2.48 bits per heavy atom. The third kappa shape index (κ3) is 5.45. The second kappa shape index (κ2) is 9.54. The number of carbonyl (C=O) groups excluding carboxylic acids is 1. The highest BCUT2D eigenvalue weighted by Crippen LogP contribution is 2.25. The normalized spacial score (nSPS) is 16.2. The average Bonchev–Trinajstić information content (AvgIpc) is 3.25. The van der Waals surface area contributed by atoms with Crippen LogP contribution in [0.3, 0.4) is 0 Å². The molecular weight excluding hydrogens is 388 g/mol. The number of hydrogen-bond acceptors (Lipinski definition) is 4. The minimum atomic E-state index is -3.51. The van der Waals surface area contributed by atoms with Gasteiger partial charge in [-0.2, -0.15) is 4.31 Å². The Labute approximate surface area is 173 Å². The molecule has 0 unspecified atom stereocenters. The number of amides is 1. The first-order chi connectivity index (χ1) is 13.9. The summed E-state index contributed by atoms with van der Waals surface area (Å²) in [6.45, 7) is 6.33. The van der Waals surface area contributed by atoms with E-state index in [0.717, 1.165) is 18.5 Å². The molecule has 0 atom stereocenters. The molecule has 0 aliphatic carbocycles. The summed E-state index contributed by atoms with van der Waals surface area (Å²) in [7, 11) is -3.51. The number of nitrogens with zero attached hydrogens (tertiary/aromatic N) is 3. The molecule has 3 rings (SSSR count). The van der Waals surface area contributed by atoms with Crippen molar-refractivity contribution in [2.24, 2.45) is 5.92 Å². The van der Waals surface area contributed by atoms with E-state index in [1.165, 1.54) is 4.31 Å². The van der Waals surface area contributed by atoms with Gasteiger partial charge in [0.05, 0.1) is 11.2 Å². The Bertz CT molecular complexity index is 885. The number of rotatable bonds is 8. The minimum Gasteiger partial charge on any atom is -0.356 e. The predicted molar refractivity (Wildman–Crippen MR) is 112 cm³/mol. The number of aromatic nitrogens is 2. The van der Waals surface area contributed by atoms with Crippen LogP contribution in [0.5, 0.6) is 0 Å². The highest BCUT2D eigenvalue weighted by atomic mass is 32.2. The lowest BCUT2D eigenvalue weighted by atomic mass is 9.97. The van der Waals surface area contributed by atoms with E-state index in [9.17, 15) is 13.2 Å². The van der Waals surface area contributed by atoms with Crippen LogP contribution in [-0.2, 0) is 21.4 Å². The molecule has 2 heterocycles. The average molecular weight is 419 g/mol. The van der Waals surface area contributed by atoms with E-state index in [4.69, 9.17) is 0 Å². The van der Waals surface area contributed by atoms with Gasteiger partial charge in [-0.3, -0.25) is 4.79 Å². The third-order valence-electron chi connectivity index (χ3n) is 5.46. The first-order valence-corrected chi connectivity index (χ1v) is 11.7. The first kappa shape index (κ1) is 21.5. The van der Waals surface area contributed by atoms with E-state index in [1.54, 1.807) is 24.7 Å². The molecule has 1 saturated heterocycles. The van der Waals surface area contributed by atoms with Crippen LogP contribution < -0.4 is 5.32 Å². The molecule has 1 aromatic carbocycles. The second-order valence-corrected chi connectivity index (χ2v) is 9.79. The van der Waals surface area contributed by atoms with Gasteiger partial charge in [-0.25, -0.2) is 13.4 Å². The summed E-state index contributed by atoms with van der Waals surface area (Å²) in [4.78, 5) is 16.7. The van der Waals surface area contributed by atoms with Crippen LogP contribution in [0.1, 0.15) is 44.6 Å². The minimum absolute atomic E-state index is 0.0222. The van der Waals surface area contributed by atoms with Gasteiger partial charge in [0.15, 0.2) is 0 Å². The molecule has 1 fully saturated rings. The molecule has 1 amide bonds. The van der Waals surface area contributed by atoms with Crippen molar-refractivity contribution in [2.75, 3.05) is 19.6 Å².